The number of rotatable bonds is 5. The summed E-state index contributed by atoms with van der Waals surface area (Å²) in [5, 5.41) is 9.76. The standard InChI is InChI=1S/C20H21N5O/c1-14-9-10-17-16(11-14)19-23-22-18(13-26-3)25(19)20(21-17)24(2)12-15-7-5-4-6-8-15/h4-11H,12-13H2,1-3H3. The van der Waals surface area contributed by atoms with Crippen LogP contribution in [0.2, 0.25) is 0 Å². The van der Waals surface area contributed by atoms with E-state index in [2.05, 4.69) is 46.3 Å². The number of hydrogen-bond acceptors (Lipinski definition) is 5. The molecular weight excluding hydrogens is 326 g/mol. The van der Waals surface area contributed by atoms with Crippen LogP contribution in [0, 0.1) is 6.92 Å². The third-order valence-electron chi connectivity index (χ3n) is 4.42. The molecule has 2 aromatic carbocycles. The van der Waals surface area contributed by atoms with Crippen molar-refractivity contribution < 1.29 is 4.74 Å². The zero-order valence-corrected chi connectivity index (χ0v) is 15.2. The van der Waals surface area contributed by atoms with Gasteiger partial charge in [-0.05, 0) is 24.6 Å². The smallest absolute Gasteiger partial charge is 0.213 e. The van der Waals surface area contributed by atoms with Gasteiger partial charge in [-0.2, -0.15) is 0 Å². The van der Waals surface area contributed by atoms with Gasteiger partial charge >= 0.3 is 0 Å². The molecule has 0 bridgehead atoms. The van der Waals surface area contributed by atoms with Crippen LogP contribution in [0.25, 0.3) is 16.6 Å². The van der Waals surface area contributed by atoms with Gasteiger partial charge in [0.15, 0.2) is 11.5 Å². The number of aromatic nitrogens is 4. The minimum absolute atomic E-state index is 0.381. The van der Waals surface area contributed by atoms with Crippen molar-refractivity contribution in [2.75, 3.05) is 19.1 Å². The van der Waals surface area contributed by atoms with E-state index < -0.39 is 0 Å². The zero-order valence-electron chi connectivity index (χ0n) is 15.2. The molecule has 132 valence electrons. The third-order valence-corrected chi connectivity index (χ3v) is 4.42. The predicted octanol–water partition coefficient (Wildman–Crippen LogP) is 3.37. The van der Waals surface area contributed by atoms with Gasteiger partial charge in [-0.25, -0.2) is 9.38 Å². The molecule has 0 amide bonds. The first-order chi connectivity index (χ1) is 12.7. The Bertz CT molecular complexity index is 1060. The Labute approximate surface area is 152 Å². The number of ether oxygens (including phenoxy) is 1. The molecule has 2 heterocycles. The van der Waals surface area contributed by atoms with Crippen molar-refractivity contribution in [3.05, 3.63) is 65.5 Å². The fourth-order valence-corrected chi connectivity index (χ4v) is 3.19. The van der Waals surface area contributed by atoms with E-state index >= 15 is 0 Å². The van der Waals surface area contributed by atoms with E-state index in [1.165, 1.54) is 11.1 Å². The molecule has 0 saturated carbocycles. The summed E-state index contributed by atoms with van der Waals surface area (Å²) in [6, 6.07) is 16.5. The molecule has 0 saturated heterocycles. The Morgan fingerprint density at radius 2 is 1.88 bits per heavy atom. The summed E-state index contributed by atoms with van der Waals surface area (Å²) in [5.74, 6) is 1.55. The molecule has 0 fully saturated rings. The van der Waals surface area contributed by atoms with Gasteiger partial charge in [0, 0.05) is 26.1 Å². The maximum absolute atomic E-state index is 5.31. The van der Waals surface area contributed by atoms with Crippen LogP contribution in [0.5, 0.6) is 0 Å². The summed E-state index contributed by atoms with van der Waals surface area (Å²) in [6.45, 7) is 3.19. The van der Waals surface area contributed by atoms with Crippen LogP contribution in [0.4, 0.5) is 5.95 Å². The Morgan fingerprint density at radius 1 is 1.08 bits per heavy atom. The molecule has 6 heteroatoms. The van der Waals surface area contributed by atoms with E-state index in [9.17, 15) is 0 Å². The predicted molar refractivity (Wildman–Crippen MR) is 102 cm³/mol. The van der Waals surface area contributed by atoms with Crippen LogP contribution in [0.15, 0.2) is 48.5 Å². The van der Waals surface area contributed by atoms with Crippen molar-refractivity contribution in [3.8, 4) is 0 Å². The normalized spacial score (nSPS) is 11.3. The monoisotopic (exact) mass is 347 g/mol. The molecule has 4 rings (SSSR count). The Hall–Kier alpha value is -2.99. The second kappa shape index (κ2) is 6.72. The van der Waals surface area contributed by atoms with Gasteiger partial charge in [-0.15, -0.1) is 10.2 Å². The molecule has 0 atom stereocenters. The second-order valence-electron chi connectivity index (χ2n) is 6.48. The minimum atomic E-state index is 0.381. The average molecular weight is 347 g/mol. The molecule has 4 aromatic rings. The van der Waals surface area contributed by atoms with Crippen LogP contribution >= 0.6 is 0 Å². The summed E-state index contributed by atoms with van der Waals surface area (Å²) >= 11 is 0. The summed E-state index contributed by atoms with van der Waals surface area (Å²) in [5.41, 5.74) is 4.10. The van der Waals surface area contributed by atoms with Crippen molar-refractivity contribution in [1.82, 2.24) is 19.6 Å². The first-order valence-corrected chi connectivity index (χ1v) is 8.56. The van der Waals surface area contributed by atoms with Crippen LogP contribution in [0.1, 0.15) is 17.0 Å². The third kappa shape index (κ3) is 2.88. The lowest BCUT2D eigenvalue weighted by Crippen LogP contribution is -2.21. The number of methoxy groups -OCH3 is 1. The first kappa shape index (κ1) is 16.5. The number of nitrogens with zero attached hydrogens (tertiary/aromatic N) is 5. The van der Waals surface area contributed by atoms with Gasteiger partial charge < -0.3 is 9.64 Å². The molecule has 0 unspecified atom stereocenters. The zero-order chi connectivity index (χ0) is 18.1. The van der Waals surface area contributed by atoms with E-state index in [4.69, 9.17) is 9.72 Å². The van der Waals surface area contributed by atoms with Crippen LogP contribution in [-0.2, 0) is 17.9 Å². The fourth-order valence-electron chi connectivity index (χ4n) is 3.19. The molecule has 6 nitrogen and oxygen atoms in total. The summed E-state index contributed by atoms with van der Waals surface area (Å²) in [6.07, 6.45) is 0. The molecule has 0 spiro atoms. The van der Waals surface area contributed by atoms with Crippen LogP contribution < -0.4 is 4.90 Å². The highest BCUT2D eigenvalue weighted by Gasteiger charge is 2.18. The lowest BCUT2D eigenvalue weighted by Gasteiger charge is -2.21. The summed E-state index contributed by atoms with van der Waals surface area (Å²) < 4.78 is 7.31. The molecule has 0 aliphatic carbocycles. The summed E-state index contributed by atoms with van der Waals surface area (Å²) in [7, 11) is 3.69. The average Bonchev–Trinajstić information content (AvgIpc) is 3.06. The van der Waals surface area contributed by atoms with Crippen molar-refractivity contribution in [3.63, 3.8) is 0 Å². The number of hydrogen-bond donors (Lipinski definition) is 0. The van der Waals surface area contributed by atoms with E-state index in [0.717, 1.165) is 34.9 Å². The second-order valence-corrected chi connectivity index (χ2v) is 6.48. The highest BCUT2D eigenvalue weighted by Crippen LogP contribution is 2.25. The number of fused-ring (bicyclic) bond motifs is 3. The van der Waals surface area contributed by atoms with Crippen molar-refractivity contribution >= 4 is 22.5 Å². The molecule has 0 aliphatic rings. The number of benzene rings is 2. The Morgan fingerprint density at radius 3 is 2.65 bits per heavy atom. The minimum Gasteiger partial charge on any atom is -0.377 e. The van der Waals surface area contributed by atoms with Crippen molar-refractivity contribution in [1.29, 1.82) is 0 Å². The topological polar surface area (TPSA) is 55.6 Å². The maximum Gasteiger partial charge on any atom is 0.213 e. The molecule has 0 N–H and O–H groups in total. The number of aryl methyl sites for hydroxylation is 1. The van der Waals surface area contributed by atoms with Gasteiger partial charge in [0.25, 0.3) is 0 Å². The highest BCUT2D eigenvalue weighted by atomic mass is 16.5. The van der Waals surface area contributed by atoms with Crippen LogP contribution in [-0.4, -0.2) is 33.7 Å². The lowest BCUT2D eigenvalue weighted by molar-refractivity contribution is 0.177. The van der Waals surface area contributed by atoms with E-state index in [0.29, 0.717) is 6.61 Å². The quantitative estimate of drug-likeness (QED) is 0.554. The molecule has 26 heavy (non-hydrogen) atoms. The SMILES string of the molecule is COCc1nnc2c3cc(C)ccc3nc(N(C)Cc3ccccc3)n12. The van der Waals surface area contributed by atoms with Crippen molar-refractivity contribution in [2.24, 2.45) is 0 Å². The Balaban J connectivity index is 1.90. The Kier molecular flexibility index (Phi) is 4.26. The van der Waals surface area contributed by atoms with Crippen LogP contribution in [0.3, 0.4) is 0 Å². The van der Waals surface area contributed by atoms with E-state index in [-0.39, 0.29) is 0 Å². The molecule has 2 aromatic heterocycles. The molecular formula is C20H21N5O. The fraction of sp³-hybridized carbons (Fsp3) is 0.250. The maximum atomic E-state index is 5.31. The highest BCUT2D eigenvalue weighted by molar-refractivity contribution is 5.93. The van der Waals surface area contributed by atoms with Gasteiger partial charge in [-0.1, -0.05) is 42.0 Å². The lowest BCUT2D eigenvalue weighted by atomic mass is 10.1. The van der Waals surface area contributed by atoms with E-state index in [1.54, 1.807) is 7.11 Å². The van der Waals surface area contributed by atoms with Gasteiger partial charge in [-0.3, -0.25) is 0 Å². The van der Waals surface area contributed by atoms with E-state index in [1.807, 2.05) is 35.7 Å². The van der Waals surface area contributed by atoms with Gasteiger partial charge in [0.05, 0.1) is 5.52 Å². The van der Waals surface area contributed by atoms with Gasteiger partial charge in [0.1, 0.15) is 6.61 Å². The number of anilines is 1. The van der Waals surface area contributed by atoms with Gasteiger partial charge in [0.2, 0.25) is 5.95 Å². The molecule has 0 aliphatic heterocycles. The first-order valence-electron chi connectivity index (χ1n) is 8.56. The summed E-state index contributed by atoms with van der Waals surface area (Å²) in [4.78, 5) is 7.02. The van der Waals surface area contributed by atoms with Crippen molar-refractivity contribution in [2.45, 2.75) is 20.1 Å². The largest absolute Gasteiger partial charge is 0.377 e. The molecule has 0 radical (unpaired) electrons.